The Morgan fingerprint density at radius 2 is 1.48 bits per heavy atom. The molecule has 0 spiro atoms. The first-order valence-electron chi connectivity index (χ1n) is 15.9. The molecule has 0 radical (unpaired) electrons. The molecule has 1 aliphatic rings. The lowest BCUT2D eigenvalue weighted by Crippen LogP contribution is -2.60. The Hall–Kier alpha value is -3.45. The number of hydrogen-bond donors (Lipinski definition) is 0. The number of unbranched alkanes of at least 4 members (excludes halogenated alkanes) is 4. The average molecular weight is 699 g/mol. The van der Waals surface area contributed by atoms with Crippen LogP contribution in [0.1, 0.15) is 93.1 Å². The van der Waals surface area contributed by atoms with Crippen LogP contribution in [0.15, 0.2) is 42.5 Å². The molecule has 48 heavy (non-hydrogen) atoms. The first-order valence-corrected chi connectivity index (χ1v) is 15.9. The topological polar surface area (TPSA) is 61.8 Å². The molecule has 0 aliphatic heterocycles. The molecule has 0 N–H and O–H groups in total. The van der Waals surface area contributed by atoms with Crippen LogP contribution in [0.2, 0.25) is 0 Å². The summed E-state index contributed by atoms with van der Waals surface area (Å²) in [6.45, 7) is 3.71. The van der Waals surface area contributed by atoms with Crippen LogP contribution in [-0.2, 0) is 22.4 Å². The van der Waals surface area contributed by atoms with Gasteiger partial charge in [0.2, 0.25) is 0 Å². The van der Waals surface area contributed by atoms with Crippen molar-refractivity contribution in [2.75, 3.05) is 6.61 Å². The van der Waals surface area contributed by atoms with E-state index in [1.807, 2.05) is 6.92 Å². The molecule has 0 bridgehead atoms. The first-order chi connectivity index (χ1) is 22.4. The lowest BCUT2D eigenvalue weighted by Gasteiger charge is -2.33. The van der Waals surface area contributed by atoms with Gasteiger partial charge in [0.25, 0.3) is 0 Å². The predicted octanol–water partition coefficient (Wildman–Crippen LogP) is 9.93. The summed E-state index contributed by atoms with van der Waals surface area (Å²) in [6.07, 6.45) is -3.09. The van der Waals surface area contributed by atoms with Crippen molar-refractivity contribution in [3.8, 4) is 11.5 Å². The highest BCUT2D eigenvalue weighted by atomic mass is 19.4. The maximum absolute atomic E-state index is 13.6. The Morgan fingerprint density at radius 1 is 0.812 bits per heavy atom. The van der Waals surface area contributed by atoms with E-state index in [0.717, 1.165) is 43.2 Å². The van der Waals surface area contributed by atoms with Gasteiger partial charge in [-0.25, -0.2) is 4.79 Å². The Labute approximate surface area is 273 Å². The van der Waals surface area contributed by atoms with Gasteiger partial charge in [-0.2, -0.15) is 39.5 Å². The van der Waals surface area contributed by atoms with E-state index < -0.39 is 42.8 Å². The Kier molecular flexibility index (Phi) is 13.2. The number of carbonyl (C=O) groups is 2. The molecule has 2 atom stereocenters. The lowest BCUT2D eigenvalue weighted by atomic mass is 9.84. The Balaban J connectivity index is 1.44. The third-order valence-electron chi connectivity index (χ3n) is 8.19. The van der Waals surface area contributed by atoms with Crippen molar-refractivity contribution in [3.63, 3.8) is 0 Å². The minimum absolute atomic E-state index is 0.134. The number of fused-ring (bicyclic) bond motifs is 1. The summed E-state index contributed by atoms with van der Waals surface area (Å²) in [7, 11) is 0. The molecule has 2 aromatic carbocycles. The standard InChI is InChI=1S/C34H39F9O5/c1-3-4-5-6-9-22(2)47-30(45)26-11-10-25-21-28(17-14-24(25)20-26)48-29(44)23-12-15-27(16-13-23)46-19-8-7-18-31(35,36)32(37,38)33(39,40)34(41,42)43/h12-17,21-22,26H,3-11,18-20H2,1-2H3/t22-,26?/m0/s1. The van der Waals surface area contributed by atoms with Gasteiger partial charge in [-0.15, -0.1) is 0 Å². The van der Waals surface area contributed by atoms with Gasteiger partial charge in [-0.05, 0) is 99.4 Å². The smallest absolute Gasteiger partial charge is 0.460 e. The summed E-state index contributed by atoms with van der Waals surface area (Å²) in [5.41, 5.74) is 2.06. The van der Waals surface area contributed by atoms with Crippen molar-refractivity contribution < 1.29 is 63.3 Å². The molecule has 0 fully saturated rings. The van der Waals surface area contributed by atoms with Gasteiger partial charge in [0.05, 0.1) is 24.2 Å². The molecule has 1 aliphatic carbocycles. The van der Waals surface area contributed by atoms with E-state index >= 15 is 0 Å². The largest absolute Gasteiger partial charge is 0.494 e. The Bertz CT molecular complexity index is 1360. The van der Waals surface area contributed by atoms with E-state index in [2.05, 4.69) is 6.92 Å². The zero-order valence-corrected chi connectivity index (χ0v) is 26.6. The highest BCUT2D eigenvalue weighted by Gasteiger charge is 2.81. The summed E-state index contributed by atoms with van der Waals surface area (Å²) >= 11 is 0. The molecule has 0 heterocycles. The normalized spacial score (nSPS) is 16.2. The van der Waals surface area contributed by atoms with Crippen LogP contribution in [0.4, 0.5) is 39.5 Å². The summed E-state index contributed by atoms with van der Waals surface area (Å²) in [5.74, 6) is -19.8. The molecule has 0 saturated heterocycles. The molecule has 2 aromatic rings. The minimum atomic E-state index is -6.91. The first kappa shape index (κ1) is 39.0. The minimum Gasteiger partial charge on any atom is -0.494 e. The number of alkyl halides is 9. The summed E-state index contributed by atoms with van der Waals surface area (Å²) in [6, 6.07) is 10.6. The molecule has 0 amide bonds. The average Bonchev–Trinajstić information content (AvgIpc) is 3.02. The molecule has 14 heteroatoms. The fourth-order valence-electron chi connectivity index (χ4n) is 5.27. The molecule has 0 aromatic heterocycles. The molecule has 268 valence electrons. The third-order valence-corrected chi connectivity index (χ3v) is 8.19. The van der Waals surface area contributed by atoms with E-state index in [0.29, 0.717) is 25.0 Å². The molecule has 0 saturated carbocycles. The monoisotopic (exact) mass is 698 g/mol. The number of esters is 2. The number of carbonyl (C=O) groups excluding carboxylic acids is 2. The number of halogens is 9. The van der Waals surface area contributed by atoms with E-state index in [4.69, 9.17) is 14.2 Å². The second kappa shape index (κ2) is 16.3. The number of ether oxygens (including phenoxy) is 3. The van der Waals surface area contributed by atoms with Crippen LogP contribution >= 0.6 is 0 Å². The van der Waals surface area contributed by atoms with Gasteiger partial charge in [0.1, 0.15) is 11.5 Å². The van der Waals surface area contributed by atoms with Crippen LogP contribution < -0.4 is 9.47 Å². The quantitative estimate of drug-likeness (QED) is 0.0713. The van der Waals surface area contributed by atoms with E-state index in [1.165, 1.54) is 24.3 Å². The Morgan fingerprint density at radius 3 is 2.12 bits per heavy atom. The van der Waals surface area contributed by atoms with E-state index in [-0.39, 0.29) is 42.3 Å². The third kappa shape index (κ3) is 9.81. The van der Waals surface area contributed by atoms with Crippen molar-refractivity contribution >= 4 is 11.9 Å². The zero-order valence-electron chi connectivity index (χ0n) is 26.6. The number of aryl methyl sites for hydroxylation is 1. The predicted molar refractivity (Wildman–Crippen MR) is 158 cm³/mol. The van der Waals surface area contributed by atoms with Crippen LogP contribution in [0.25, 0.3) is 0 Å². The number of hydrogen-bond acceptors (Lipinski definition) is 5. The van der Waals surface area contributed by atoms with Crippen molar-refractivity contribution in [2.24, 2.45) is 5.92 Å². The van der Waals surface area contributed by atoms with Gasteiger partial charge >= 0.3 is 35.9 Å². The number of rotatable bonds is 17. The molecule has 5 nitrogen and oxygen atoms in total. The van der Waals surface area contributed by atoms with Crippen molar-refractivity contribution in [3.05, 3.63) is 59.2 Å². The maximum Gasteiger partial charge on any atom is 0.460 e. The van der Waals surface area contributed by atoms with Gasteiger partial charge in [0, 0.05) is 6.42 Å². The van der Waals surface area contributed by atoms with Crippen molar-refractivity contribution in [2.45, 2.75) is 115 Å². The number of benzene rings is 2. The van der Waals surface area contributed by atoms with E-state index in [1.54, 1.807) is 18.2 Å². The summed E-state index contributed by atoms with van der Waals surface area (Å²) in [4.78, 5) is 25.4. The van der Waals surface area contributed by atoms with Crippen LogP contribution in [0, 0.1) is 5.92 Å². The summed E-state index contributed by atoms with van der Waals surface area (Å²) < 4.78 is 133. The van der Waals surface area contributed by atoms with Gasteiger partial charge in [0.15, 0.2) is 0 Å². The van der Waals surface area contributed by atoms with Crippen LogP contribution in [0.5, 0.6) is 11.5 Å². The van der Waals surface area contributed by atoms with Gasteiger partial charge in [-0.1, -0.05) is 32.3 Å². The highest BCUT2D eigenvalue weighted by molar-refractivity contribution is 5.91. The van der Waals surface area contributed by atoms with Crippen molar-refractivity contribution in [1.29, 1.82) is 0 Å². The maximum atomic E-state index is 13.6. The summed E-state index contributed by atoms with van der Waals surface area (Å²) in [5, 5.41) is 0. The highest BCUT2D eigenvalue weighted by Crippen LogP contribution is 2.54. The van der Waals surface area contributed by atoms with Crippen molar-refractivity contribution in [1.82, 2.24) is 0 Å². The molecular weight excluding hydrogens is 659 g/mol. The lowest BCUT2D eigenvalue weighted by molar-refractivity contribution is -0.396. The fourth-order valence-corrected chi connectivity index (χ4v) is 5.27. The fraction of sp³-hybridized carbons (Fsp3) is 0.588. The van der Waals surface area contributed by atoms with Gasteiger partial charge < -0.3 is 14.2 Å². The molecule has 1 unspecified atom stereocenters. The molecule has 3 rings (SSSR count). The SMILES string of the molecule is CCCCCC[C@H](C)OC(=O)C1CCc2cc(OC(=O)c3ccc(OCCCCC(F)(F)C(F)(F)C(F)(F)C(F)(F)F)cc3)ccc2C1. The van der Waals surface area contributed by atoms with Crippen LogP contribution in [-0.4, -0.2) is 48.6 Å². The van der Waals surface area contributed by atoms with Crippen LogP contribution in [0.3, 0.4) is 0 Å². The van der Waals surface area contributed by atoms with E-state index in [9.17, 15) is 49.1 Å². The second-order valence-corrected chi connectivity index (χ2v) is 12.0. The molecular formula is C34H39F9O5. The van der Waals surface area contributed by atoms with Gasteiger partial charge in [-0.3, -0.25) is 4.79 Å². The zero-order chi connectivity index (χ0) is 35.8. The second-order valence-electron chi connectivity index (χ2n) is 12.0.